The number of hydrogen-bond donors (Lipinski definition) is 1. The number of aromatic nitrogens is 2. The summed E-state index contributed by atoms with van der Waals surface area (Å²) in [6.07, 6.45) is -0.269. The van der Waals surface area contributed by atoms with Crippen LogP contribution in [0.4, 0.5) is 0 Å². The third-order valence-electron chi connectivity index (χ3n) is 3.57. The van der Waals surface area contributed by atoms with Crippen LogP contribution in [0.15, 0.2) is 48.5 Å². The molecule has 0 aliphatic carbocycles. The number of para-hydroxylation sites is 2. The molecule has 1 fully saturated rings. The summed E-state index contributed by atoms with van der Waals surface area (Å²) < 4.78 is 16.5. The molecule has 1 N–H and O–H groups in total. The van der Waals surface area contributed by atoms with E-state index in [1.165, 1.54) is 0 Å². The molecule has 0 unspecified atom stereocenters. The number of fused-ring (bicyclic) bond motifs is 1. The zero-order valence-corrected chi connectivity index (χ0v) is 12.0. The highest BCUT2D eigenvalue weighted by molar-refractivity contribution is 5.79. The average Bonchev–Trinajstić information content (AvgIpc) is 3.22. The number of benzene rings is 2. The Balaban J connectivity index is 1.55. The largest absolute Gasteiger partial charge is 0.488 e. The Hall–Kier alpha value is -2.37. The van der Waals surface area contributed by atoms with Crippen LogP contribution in [0.1, 0.15) is 0 Å². The number of rotatable bonds is 4. The van der Waals surface area contributed by atoms with E-state index >= 15 is 0 Å². The van der Waals surface area contributed by atoms with Crippen molar-refractivity contribution in [1.29, 1.82) is 0 Å². The molecule has 0 bridgehead atoms. The molecule has 1 aliphatic heterocycles. The molecule has 1 saturated heterocycles. The van der Waals surface area contributed by atoms with Gasteiger partial charge < -0.3 is 19.2 Å². The average molecular weight is 296 g/mol. The van der Waals surface area contributed by atoms with Crippen LogP contribution in [0.3, 0.4) is 0 Å². The van der Waals surface area contributed by atoms with Crippen molar-refractivity contribution in [2.45, 2.75) is 6.29 Å². The molecule has 1 aliphatic rings. The molecule has 112 valence electrons. The van der Waals surface area contributed by atoms with Crippen molar-refractivity contribution in [3.8, 4) is 17.1 Å². The van der Waals surface area contributed by atoms with Crippen LogP contribution in [0.5, 0.6) is 5.75 Å². The highest BCUT2D eigenvalue weighted by Gasteiger charge is 2.16. The number of H-pyrrole nitrogens is 1. The summed E-state index contributed by atoms with van der Waals surface area (Å²) in [4.78, 5) is 7.92. The first-order chi connectivity index (χ1) is 10.9. The Morgan fingerprint density at radius 2 is 1.95 bits per heavy atom. The third kappa shape index (κ3) is 2.68. The summed E-state index contributed by atoms with van der Waals surface area (Å²) in [5.41, 5.74) is 2.97. The lowest BCUT2D eigenvalue weighted by Crippen LogP contribution is -2.18. The maximum atomic E-state index is 5.73. The quantitative estimate of drug-likeness (QED) is 0.804. The van der Waals surface area contributed by atoms with Crippen LogP contribution in [0.25, 0.3) is 22.4 Å². The molecule has 4 rings (SSSR count). The SMILES string of the molecule is c1cc(OCC2OCCO2)cc(-c2nc3ccccc3[nH]2)c1. The second-order valence-electron chi connectivity index (χ2n) is 5.11. The Morgan fingerprint density at radius 1 is 1.09 bits per heavy atom. The Bertz CT molecular complexity index is 745. The van der Waals surface area contributed by atoms with E-state index in [0.29, 0.717) is 19.8 Å². The van der Waals surface area contributed by atoms with Gasteiger partial charge in [-0.1, -0.05) is 24.3 Å². The number of nitrogens with one attached hydrogen (secondary N) is 1. The van der Waals surface area contributed by atoms with Gasteiger partial charge in [0.1, 0.15) is 18.2 Å². The first kappa shape index (κ1) is 13.3. The summed E-state index contributed by atoms with van der Waals surface area (Å²) in [6.45, 7) is 1.66. The summed E-state index contributed by atoms with van der Waals surface area (Å²) in [6, 6.07) is 15.8. The fourth-order valence-corrected chi connectivity index (χ4v) is 2.49. The maximum Gasteiger partial charge on any atom is 0.191 e. The monoisotopic (exact) mass is 296 g/mol. The standard InChI is InChI=1S/C17H16N2O3/c1-2-7-15-14(6-1)18-17(19-15)12-4-3-5-13(10-12)22-11-16-20-8-9-21-16/h1-7,10,16H,8-9,11H2,(H,18,19). The number of nitrogens with zero attached hydrogens (tertiary/aromatic N) is 1. The number of aromatic amines is 1. The topological polar surface area (TPSA) is 56.4 Å². The molecule has 0 radical (unpaired) electrons. The van der Waals surface area contributed by atoms with Gasteiger partial charge in [-0.3, -0.25) is 0 Å². The molecule has 0 amide bonds. The van der Waals surface area contributed by atoms with Crippen LogP contribution in [0.2, 0.25) is 0 Å². The van der Waals surface area contributed by atoms with Crippen LogP contribution in [0, 0.1) is 0 Å². The minimum atomic E-state index is -0.269. The van der Waals surface area contributed by atoms with E-state index in [1.54, 1.807) is 0 Å². The molecular weight excluding hydrogens is 280 g/mol. The smallest absolute Gasteiger partial charge is 0.191 e. The summed E-state index contributed by atoms with van der Waals surface area (Å²) >= 11 is 0. The van der Waals surface area contributed by atoms with Gasteiger partial charge in [0, 0.05) is 5.56 Å². The fraction of sp³-hybridized carbons (Fsp3) is 0.235. The molecule has 22 heavy (non-hydrogen) atoms. The molecule has 1 aromatic heterocycles. The predicted molar refractivity (Wildman–Crippen MR) is 82.7 cm³/mol. The van der Waals surface area contributed by atoms with E-state index in [0.717, 1.165) is 28.2 Å². The lowest BCUT2D eigenvalue weighted by Gasteiger charge is -2.11. The lowest BCUT2D eigenvalue weighted by atomic mass is 10.2. The van der Waals surface area contributed by atoms with Crippen molar-refractivity contribution in [2.75, 3.05) is 19.8 Å². The molecule has 2 heterocycles. The third-order valence-corrected chi connectivity index (χ3v) is 3.57. The summed E-state index contributed by atoms with van der Waals surface area (Å²) in [5, 5.41) is 0. The van der Waals surface area contributed by atoms with Crippen LogP contribution in [-0.4, -0.2) is 36.1 Å². The Labute approximate surface area is 127 Å². The molecule has 0 atom stereocenters. The summed E-state index contributed by atoms with van der Waals surface area (Å²) in [7, 11) is 0. The van der Waals surface area contributed by atoms with Gasteiger partial charge >= 0.3 is 0 Å². The van der Waals surface area contributed by atoms with E-state index in [4.69, 9.17) is 14.2 Å². The van der Waals surface area contributed by atoms with Gasteiger partial charge in [0.15, 0.2) is 6.29 Å². The predicted octanol–water partition coefficient (Wildman–Crippen LogP) is 2.98. The molecule has 2 aromatic carbocycles. The molecule has 0 saturated carbocycles. The van der Waals surface area contributed by atoms with Crippen molar-refractivity contribution in [3.05, 3.63) is 48.5 Å². The number of hydrogen-bond acceptors (Lipinski definition) is 4. The fourth-order valence-electron chi connectivity index (χ4n) is 2.49. The number of ether oxygens (including phenoxy) is 3. The van der Waals surface area contributed by atoms with E-state index < -0.39 is 0 Å². The van der Waals surface area contributed by atoms with Gasteiger partial charge in [-0.15, -0.1) is 0 Å². The minimum absolute atomic E-state index is 0.269. The zero-order chi connectivity index (χ0) is 14.8. The molecule has 5 heteroatoms. The van der Waals surface area contributed by atoms with Gasteiger partial charge in [-0.05, 0) is 24.3 Å². The number of imidazole rings is 1. The van der Waals surface area contributed by atoms with Crippen molar-refractivity contribution >= 4 is 11.0 Å². The van der Waals surface area contributed by atoms with E-state index in [-0.39, 0.29) is 6.29 Å². The Morgan fingerprint density at radius 3 is 2.82 bits per heavy atom. The van der Waals surface area contributed by atoms with Gasteiger partial charge in [0.25, 0.3) is 0 Å². The highest BCUT2D eigenvalue weighted by atomic mass is 16.7. The minimum Gasteiger partial charge on any atom is -0.488 e. The second-order valence-corrected chi connectivity index (χ2v) is 5.11. The second kappa shape index (κ2) is 5.79. The first-order valence-electron chi connectivity index (χ1n) is 7.30. The van der Waals surface area contributed by atoms with Crippen molar-refractivity contribution in [1.82, 2.24) is 9.97 Å². The normalized spacial score (nSPS) is 15.5. The Kier molecular flexibility index (Phi) is 3.50. The van der Waals surface area contributed by atoms with Crippen LogP contribution in [-0.2, 0) is 9.47 Å². The van der Waals surface area contributed by atoms with Gasteiger partial charge in [0.2, 0.25) is 0 Å². The van der Waals surface area contributed by atoms with E-state index in [9.17, 15) is 0 Å². The van der Waals surface area contributed by atoms with Crippen LogP contribution < -0.4 is 4.74 Å². The van der Waals surface area contributed by atoms with Crippen LogP contribution >= 0.6 is 0 Å². The zero-order valence-electron chi connectivity index (χ0n) is 12.0. The van der Waals surface area contributed by atoms with Crippen molar-refractivity contribution in [2.24, 2.45) is 0 Å². The molecule has 0 spiro atoms. The summed E-state index contributed by atoms with van der Waals surface area (Å²) in [5.74, 6) is 1.61. The van der Waals surface area contributed by atoms with E-state index in [2.05, 4.69) is 9.97 Å². The maximum absolute atomic E-state index is 5.73. The van der Waals surface area contributed by atoms with E-state index in [1.807, 2.05) is 48.5 Å². The van der Waals surface area contributed by atoms with Gasteiger partial charge in [-0.2, -0.15) is 0 Å². The lowest BCUT2D eigenvalue weighted by molar-refractivity contribution is -0.0684. The highest BCUT2D eigenvalue weighted by Crippen LogP contribution is 2.24. The van der Waals surface area contributed by atoms with Crippen molar-refractivity contribution in [3.63, 3.8) is 0 Å². The van der Waals surface area contributed by atoms with Gasteiger partial charge in [-0.25, -0.2) is 4.98 Å². The molecule has 5 nitrogen and oxygen atoms in total. The first-order valence-corrected chi connectivity index (χ1v) is 7.30. The molecular formula is C17H16N2O3. The molecule has 3 aromatic rings. The van der Waals surface area contributed by atoms with Crippen molar-refractivity contribution < 1.29 is 14.2 Å². The van der Waals surface area contributed by atoms with Gasteiger partial charge in [0.05, 0.1) is 24.2 Å².